The van der Waals surface area contributed by atoms with Crippen molar-refractivity contribution in [3.05, 3.63) is 35.1 Å². The summed E-state index contributed by atoms with van der Waals surface area (Å²) >= 11 is 0. The van der Waals surface area contributed by atoms with Crippen LogP contribution < -0.4 is 5.73 Å². The Morgan fingerprint density at radius 1 is 1.56 bits per heavy atom. The summed E-state index contributed by atoms with van der Waals surface area (Å²) in [6.07, 6.45) is 0. The van der Waals surface area contributed by atoms with Gasteiger partial charge in [-0.15, -0.1) is 0 Å². The summed E-state index contributed by atoms with van der Waals surface area (Å²) in [5.41, 5.74) is 6.15. The molecule has 0 spiro atoms. The molecule has 1 amide bonds. The van der Waals surface area contributed by atoms with Crippen molar-refractivity contribution in [3.8, 4) is 0 Å². The van der Waals surface area contributed by atoms with Gasteiger partial charge in [-0.05, 0) is 37.6 Å². The van der Waals surface area contributed by atoms with E-state index in [0.717, 1.165) is 0 Å². The van der Waals surface area contributed by atoms with Crippen LogP contribution in [0.5, 0.6) is 0 Å². The quantitative estimate of drug-likeness (QED) is 0.368. The summed E-state index contributed by atoms with van der Waals surface area (Å²) < 4.78 is 13.1. The third kappa shape index (κ3) is 3.19. The van der Waals surface area contributed by atoms with Crippen molar-refractivity contribution < 1.29 is 14.4 Å². The molecule has 0 fully saturated rings. The van der Waals surface area contributed by atoms with Crippen LogP contribution >= 0.6 is 0 Å². The third-order valence-corrected chi connectivity index (χ3v) is 2.56. The topological polar surface area (TPSA) is 78.9 Å². The monoisotopic (exact) mass is 253 g/mol. The van der Waals surface area contributed by atoms with E-state index in [9.17, 15) is 9.18 Å². The van der Waals surface area contributed by atoms with Crippen molar-refractivity contribution in [2.24, 2.45) is 10.9 Å². The Labute approximate surface area is 105 Å². The molecular formula is C12H16FN3O2. The van der Waals surface area contributed by atoms with Crippen LogP contribution in [0, 0.1) is 12.7 Å². The summed E-state index contributed by atoms with van der Waals surface area (Å²) in [5, 5.41) is 11.3. The van der Waals surface area contributed by atoms with Crippen molar-refractivity contribution in [1.82, 2.24) is 4.90 Å². The second kappa shape index (κ2) is 6.00. The van der Waals surface area contributed by atoms with Crippen molar-refractivity contribution >= 4 is 11.7 Å². The van der Waals surface area contributed by atoms with Crippen LogP contribution in [0.15, 0.2) is 23.4 Å². The smallest absolute Gasteiger partial charge is 0.254 e. The summed E-state index contributed by atoms with van der Waals surface area (Å²) in [5.74, 6) is -0.692. The molecule has 3 N–H and O–H groups in total. The van der Waals surface area contributed by atoms with Gasteiger partial charge in [0.1, 0.15) is 5.82 Å². The molecule has 6 heteroatoms. The number of likely N-dealkylation sites (N-methyl/N-ethyl adjacent to an activating group) is 1. The number of aryl methyl sites for hydroxylation is 1. The maximum absolute atomic E-state index is 13.1. The van der Waals surface area contributed by atoms with Gasteiger partial charge in [-0.25, -0.2) is 4.39 Å². The fourth-order valence-electron chi connectivity index (χ4n) is 1.51. The highest BCUT2D eigenvalue weighted by molar-refractivity contribution is 5.97. The van der Waals surface area contributed by atoms with Gasteiger partial charge >= 0.3 is 0 Å². The molecule has 0 heterocycles. The van der Waals surface area contributed by atoms with Gasteiger partial charge in [0.2, 0.25) is 0 Å². The predicted octanol–water partition coefficient (Wildman–Crippen LogP) is 1.34. The van der Waals surface area contributed by atoms with Crippen LogP contribution in [-0.4, -0.2) is 34.9 Å². The molecule has 98 valence electrons. The predicted molar refractivity (Wildman–Crippen MR) is 66.1 cm³/mol. The first-order valence-electron chi connectivity index (χ1n) is 5.51. The van der Waals surface area contributed by atoms with Crippen LogP contribution in [0.25, 0.3) is 0 Å². The number of halogens is 1. The highest BCUT2D eigenvalue weighted by Gasteiger charge is 2.16. The Morgan fingerprint density at radius 3 is 2.72 bits per heavy atom. The number of nitrogens with zero attached hydrogens (tertiary/aromatic N) is 2. The first kappa shape index (κ1) is 14.0. The van der Waals surface area contributed by atoms with Crippen LogP contribution in [0.1, 0.15) is 22.8 Å². The van der Waals surface area contributed by atoms with E-state index in [-0.39, 0.29) is 24.1 Å². The van der Waals surface area contributed by atoms with E-state index >= 15 is 0 Å². The fraction of sp³-hybridized carbons (Fsp3) is 0.333. The summed E-state index contributed by atoms with van der Waals surface area (Å²) in [4.78, 5) is 13.5. The molecular weight excluding hydrogens is 237 g/mol. The molecule has 1 aromatic rings. The second-order valence-corrected chi connectivity index (χ2v) is 3.87. The molecule has 18 heavy (non-hydrogen) atoms. The molecule has 0 atom stereocenters. The zero-order valence-electron chi connectivity index (χ0n) is 10.4. The van der Waals surface area contributed by atoms with E-state index in [0.29, 0.717) is 17.7 Å². The SMILES string of the molecule is CCN(CC(N)=NO)C(=O)c1ccc(F)c(C)c1. The molecule has 1 rings (SSSR count). The Kier molecular flexibility index (Phi) is 4.65. The lowest BCUT2D eigenvalue weighted by Gasteiger charge is -2.20. The summed E-state index contributed by atoms with van der Waals surface area (Å²) in [6, 6.07) is 4.14. The number of amidine groups is 1. The second-order valence-electron chi connectivity index (χ2n) is 3.87. The molecule has 0 bridgehead atoms. The lowest BCUT2D eigenvalue weighted by Crippen LogP contribution is -2.38. The Bertz CT molecular complexity index is 474. The summed E-state index contributed by atoms with van der Waals surface area (Å²) in [7, 11) is 0. The highest BCUT2D eigenvalue weighted by atomic mass is 19.1. The molecule has 0 unspecified atom stereocenters. The van der Waals surface area contributed by atoms with Crippen molar-refractivity contribution in [3.63, 3.8) is 0 Å². The van der Waals surface area contributed by atoms with Crippen molar-refractivity contribution in [2.45, 2.75) is 13.8 Å². The van der Waals surface area contributed by atoms with Gasteiger partial charge < -0.3 is 15.8 Å². The fourth-order valence-corrected chi connectivity index (χ4v) is 1.51. The van der Waals surface area contributed by atoms with Crippen molar-refractivity contribution in [2.75, 3.05) is 13.1 Å². The Balaban J connectivity index is 2.93. The molecule has 5 nitrogen and oxygen atoms in total. The molecule has 0 saturated carbocycles. The maximum Gasteiger partial charge on any atom is 0.254 e. The molecule has 0 aliphatic carbocycles. The van der Waals surface area contributed by atoms with E-state index in [4.69, 9.17) is 10.9 Å². The van der Waals surface area contributed by atoms with Crippen molar-refractivity contribution in [1.29, 1.82) is 0 Å². The van der Waals surface area contributed by atoms with Crippen LogP contribution in [0.4, 0.5) is 4.39 Å². The van der Waals surface area contributed by atoms with Gasteiger partial charge in [-0.2, -0.15) is 0 Å². The zero-order chi connectivity index (χ0) is 13.7. The number of benzene rings is 1. The van der Waals surface area contributed by atoms with Gasteiger partial charge in [-0.3, -0.25) is 4.79 Å². The first-order chi connectivity index (χ1) is 8.49. The number of hydrogen-bond donors (Lipinski definition) is 2. The largest absolute Gasteiger partial charge is 0.409 e. The number of rotatable bonds is 4. The minimum absolute atomic E-state index is 0.0300. The first-order valence-corrected chi connectivity index (χ1v) is 5.51. The molecule has 0 aliphatic rings. The van der Waals surface area contributed by atoms with E-state index in [2.05, 4.69) is 5.16 Å². The molecule has 0 aromatic heterocycles. The average molecular weight is 253 g/mol. The minimum Gasteiger partial charge on any atom is -0.409 e. The van der Waals surface area contributed by atoms with Gasteiger partial charge in [0.25, 0.3) is 5.91 Å². The highest BCUT2D eigenvalue weighted by Crippen LogP contribution is 2.11. The number of nitrogens with two attached hydrogens (primary N) is 1. The summed E-state index contributed by atoms with van der Waals surface area (Å²) in [6.45, 7) is 3.80. The van der Waals surface area contributed by atoms with Crippen LogP contribution in [-0.2, 0) is 0 Å². The van der Waals surface area contributed by atoms with E-state index in [1.165, 1.54) is 23.1 Å². The Hall–Kier alpha value is -2.11. The number of amides is 1. The standard InChI is InChI=1S/C12H16FN3O2/c1-3-16(7-11(14)15-18)12(17)9-4-5-10(13)8(2)6-9/h4-6,18H,3,7H2,1-2H3,(H2,14,15). The Morgan fingerprint density at radius 2 is 2.22 bits per heavy atom. The number of oxime groups is 1. The molecule has 1 aromatic carbocycles. The zero-order valence-corrected chi connectivity index (χ0v) is 10.4. The minimum atomic E-state index is -0.356. The number of carbonyl (C=O) groups excluding carboxylic acids is 1. The van der Waals surface area contributed by atoms with Crippen LogP contribution in [0.2, 0.25) is 0 Å². The average Bonchev–Trinajstić information content (AvgIpc) is 2.38. The normalized spacial score (nSPS) is 11.4. The van der Waals surface area contributed by atoms with Gasteiger partial charge in [-0.1, -0.05) is 5.16 Å². The molecule has 0 radical (unpaired) electrons. The lowest BCUT2D eigenvalue weighted by atomic mass is 10.1. The van der Waals surface area contributed by atoms with Crippen LogP contribution in [0.3, 0.4) is 0 Å². The maximum atomic E-state index is 13.1. The van der Waals surface area contributed by atoms with E-state index in [1.54, 1.807) is 13.8 Å². The van der Waals surface area contributed by atoms with Gasteiger partial charge in [0.05, 0.1) is 6.54 Å². The molecule has 0 saturated heterocycles. The molecule has 0 aliphatic heterocycles. The number of carbonyl (C=O) groups is 1. The van der Waals surface area contributed by atoms with Gasteiger partial charge in [0.15, 0.2) is 5.84 Å². The van der Waals surface area contributed by atoms with E-state index in [1.807, 2.05) is 0 Å². The number of hydrogen-bond acceptors (Lipinski definition) is 3. The van der Waals surface area contributed by atoms with Gasteiger partial charge in [0, 0.05) is 12.1 Å². The lowest BCUT2D eigenvalue weighted by molar-refractivity contribution is 0.0786. The third-order valence-electron chi connectivity index (χ3n) is 2.56. The van der Waals surface area contributed by atoms with E-state index < -0.39 is 0 Å².